The van der Waals surface area contributed by atoms with Gasteiger partial charge in [0.1, 0.15) is 11.5 Å². The fourth-order valence-corrected chi connectivity index (χ4v) is 2.15. The van der Waals surface area contributed by atoms with Crippen LogP contribution in [0.3, 0.4) is 0 Å². The summed E-state index contributed by atoms with van der Waals surface area (Å²) < 4.78 is 15.5. The van der Waals surface area contributed by atoms with Crippen molar-refractivity contribution in [2.24, 2.45) is 0 Å². The molecule has 2 aromatic carbocycles. The molecule has 0 saturated carbocycles. The summed E-state index contributed by atoms with van der Waals surface area (Å²) in [6.07, 6.45) is 2.99. The lowest BCUT2D eigenvalue weighted by Crippen LogP contribution is -1.96. The molecule has 0 aromatic heterocycles. The Labute approximate surface area is 134 Å². The lowest BCUT2D eigenvalue weighted by Gasteiger charge is -2.09. The van der Waals surface area contributed by atoms with Crippen LogP contribution in [0.25, 0.3) is 6.08 Å². The zero-order chi connectivity index (χ0) is 16.8. The van der Waals surface area contributed by atoms with Gasteiger partial charge in [-0.05, 0) is 30.4 Å². The van der Waals surface area contributed by atoms with E-state index in [1.165, 1.54) is 32.4 Å². The molecule has 2 aromatic rings. The molecule has 0 bridgehead atoms. The van der Waals surface area contributed by atoms with Crippen molar-refractivity contribution in [1.82, 2.24) is 0 Å². The SMILES string of the molecule is COc1ccc(C(=O)/C=C/c2cccc(OC)c2OC)c(O)c1. The number of methoxy groups -OCH3 is 3. The molecule has 23 heavy (non-hydrogen) atoms. The molecule has 0 unspecified atom stereocenters. The first-order valence-electron chi connectivity index (χ1n) is 6.91. The highest BCUT2D eigenvalue weighted by atomic mass is 16.5. The summed E-state index contributed by atoms with van der Waals surface area (Å²) in [4.78, 5) is 12.2. The number of carbonyl (C=O) groups excluding carboxylic acids is 1. The van der Waals surface area contributed by atoms with E-state index in [0.29, 0.717) is 22.8 Å². The van der Waals surface area contributed by atoms with Crippen LogP contribution in [-0.4, -0.2) is 32.2 Å². The van der Waals surface area contributed by atoms with Gasteiger partial charge in [0.15, 0.2) is 17.3 Å². The van der Waals surface area contributed by atoms with E-state index >= 15 is 0 Å². The number of phenols is 1. The highest BCUT2D eigenvalue weighted by Gasteiger charge is 2.11. The van der Waals surface area contributed by atoms with Crippen molar-refractivity contribution in [2.75, 3.05) is 21.3 Å². The summed E-state index contributed by atoms with van der Waals surface area (Å²) in [6.45, 7) is 0. The fraction of sp³-hybridized carbons (Fsp3) is 0.167. The minimum atomic E-state index is -0.324. The molecule has 0 heterocycles. The molecule has 1 N–H and O–H groups in total. The van der Waals surface area contributed by atoms with Gasteiger partial charge in [-0.15, -0.1) is 0 Å². The van der Waals surface area contributed by atoms with Crippen LogP contribution in [-0.2, 0) is 0 Å². The first-order valence-corrected chi connectivity index (χ1v) is 6.91. The molecule has 0 saturated heterocycles. The Balaban J connectivity index is 2.28. The molecule has 0 amide bonds. The molecule has 2 rings (SSSR count). The molecule has 120 valence electrons. The second-order valence-corrected chi connectivity index (χ2v) is 4.66. The summed E-state index contributed by atoms with van der Waals surface area (Å²) in [5.74, 6) is 1.15. The summed E-state index contributed by atoms with van der Waals surface area (Å²) in [5, 5.41) is 9.89. The van der Waals surface area contributed by atoms with Crippen molar-refractivity contribution in [2.45, 2.75) is 0 Å². The maximum atomic E-state index is 12.2. The van der Waals surface area contributed by atoms with Gasteiger partial charge >= 0.3 is 0 Å². The van der Waals surface area contributed by atoms with E-state index in [1.54, 1.807) is 37.5 Å². The first kappa shape index (κ1) is 16.4. The molecule has 5 heteroatoms. The first-order chi connectivity index (χ1) is 11.1. The van der Waals surface area contributed by atoms with Crippen LogP contribution < -0.4 is 14.2 Å². The van der Waals surface area contributed by atoms with Crippen molar-refractivity contribution >= 4 is 11.9 Å². The molecular weight excluding hydrogens is 296 g/mol. The van der Waals surface area contributed by atoms with Crippen molar-refractivity contribution < 1.29 is 24.1 Å². The Morgan fingerprint density at radius 3 is 2.43 bits per heavy atom. The topological polar surface area (TPSA) is 65.0 Å². The van der Waals surface area contributed by atoms with Crippen molar-refractivity contribution in [3.8, 4) is 23.0 Å². The predicted molar refractivity (Wildman–Crippen MR) is 87.6 cm³/mol. The van der Waals surface area contributed by atoms with Gasteiger partial charge in [-0.3, -0.25) is 4.79 Å². The molecule has 0 radical (unpaired) electrons. The van der Waals surface area contributed by atoms with Gasteiger partial charge in [0, 0.05) is 11.6 Å². The highest BCUT2D eigenvalue weighted by Crippen LogP contribution is 2.32. The minimum absolute atomic E-state index is 0.128. The van der Waals surface area contributed by atoms with Crippen molar-refractivity contribution in [3.05, 3.63) is 53.6 Å². The van der Waals surface area contributed by atoms with E-state index < -0.39 is 0 Å². The average molecular weight is 314 g/mol. The van der Waals surface area contributed by atoms with E-state index in [4.69, 9.17) is 14.2 Å². The molecule has 0 aliphatic heterocycles. The van der Waals surface area contributed by atoms with Gasteiger partial charge in [0.25, 0.3) is 0 Å². The fourth-order valence-electron chi connectivity index (χ4n) is 2.15. The van der Waals surface area contributed by atoms with Crippen LogP contribution >= 0.6 is 0 Å². The van der Waals surface area contributed by atoms with Gasteiger partial charge in [0.05, 0.1) is 26.9 Å². The predicted octanol–water partition coefficient (Wildman–Crippen LogP) is 3.31. The van der Waals surface area contributed by atoms with Crippen molar-refractivity contribution in [3.63, 3.8) is 0 Å². The third-order valence-corrected chi connectivity index (χ3v) is 3.32. The van der Waals surface area contributed by atoms with Crippen LogP contribution in [0.1, 0.15) is 15.9 Å². The standard InChI is InChI=1S/C18H18O5/c1-21-13-8-9-14(16(20)11-13)15(19)10-7-12-5-4-6-17(22-2)18(12)23-3/h4-11,20H,1-3H3/b10-7+. The molecule has 5 nitrogen and oxygen atoms in total. The summed E-state index contributed by atoms with van der Waals surface area (Å²) in [7, 11) is 4.57. The van der Waals surface area contributed by atoms with Crippen LogP contribution in [0.15, 0.2) is 42.5 Å². The Hall–Kier alpha value is -2.95. The largest absolute Gasteiger partial charge is 0.507 e. The maximum absolute atomic E-state index is 12.2. The van der Waals surface area contributed by atoms with Gasteiger partial charge in [0.2, 0.25) is 0 Å². The third-order valence-electron chi connectivity index (χ3n) is 3.32. The molecule has 0 spiro atoms. The summed E-state index contributed by atoms with van der Waals surface area (Å²) >= 11 is 0. The van der Waals surface area contributed by atoms with Gasteiger partial charge in [-0.2, -0.15) is 0 Å². The second-order valence-electron chi connectivity index (χ2n) is 4.66. The summed E-state index contributed by atoms with van der Waals surface area (Å²) in [5.41, 5.74) is 0.900. The Morgan fingerprint density at radius 2 is 1.83 bits per heavy atom. The molecular formula is C18H18O5. The van der Waals surface area contributed by atoms with Crippen LogP contribution in [0, 0.1) is 0 Å². The number of para-hydroxylation sites is 1. The number of ether oxygens (including phenoxy) is 3. The van der Waals surface area contributed by atoms with E-state index in [0.717, 1.165) is 0 Å². The highest BCUT2D eigenvalue weighted by molar-refractivity contribution is 6.08. The maximum Gasteiger partial charge on any atom is 0.189 e. The van der Waals surface area contributed by atoms with Gasteiger partial charge in [-0.1, -0.05) is 12.1 Å². The lowest BCUT2D eigenvalue weighted by molar-refractivity contribution is 0.104. The summed E-state index contributed by atoms with van der Waals surface area (Å²) in [6, 6.07) is 9.91. The molecule has 0 atom stereocenters. The van der Waals surface area contributed by atoms with Gasteiger partial charge in [-0.25, -0.2) is 0 Å². The number of phenolic OH excluding ortho intramolecular Hbond substituents is 1. The number of rotatable bonds is 6. The Bertz CT molecular complexity index is 734. The van der Waals surface area contributed by atoms with E-state index in [-0.39, 0.29) is 17.1 Å². The number of ketones is 1. The Kier molecular flexibility index (Phi) is 5.25. The van der Waals surface area contributed by atoms with E-state index in [1.807, 2.05) is 0 Å². The Morgan fingerprint density at radius 1 is 1.04 bits per heavy atom. The average Bonchev–Trinajstić information content (AvgIpc) is 2.58. The van der Waals surface area contributed by atoms with E-state index in [2.05, 4.69) is 0 Å². The van der Waals surface area contributed by atoms with Crippen LogP contribution in [0.5, 0.6) is 23.0 Å². The second kappa shape index (κ2) is 7.35. The molecule has 0 aliphatic carbocycles. The third kappa shape index (κ3) is 3.63. The normalized spacial score (nSPS) is 10.6. The van der Waals surface area contributed by atoms with Crippen LogP contribution in [0.4, 0.5) is 0 Å². The quantitative estimate of drug-likeness (QED) is 0.654. The van der Waals surface area contributed by atoms with Crippen molar-refractivity contribution in [1.29, 1.82) is 0 Å². The number of carbonyl (C=O) groups is 1. The molecule has 0 fully saturated rings. The van der Waals surface area contributed by atoms with E-state index in [9.17, 15) is 9.90 Å². The number of hydrogen-bond acceptors (Lipinski definition) is 5. The molecule has 0 aliphatic rings. The zero-order valence-corrected chi connectivity index (χ0v) is 13.2. The lowest BCUT2D eigenvalue weighted by atomic mass is 10.1. The number of benzene rings is 2. The van der Waals surface area contributed by atoms with Gasteiger partial charge < -0.3 is 19.3 Å². The number of hydrogen-bond donors (Lipinski definition) is 1. The number of allylic oxidation sites excluding steroid dienone is 1. The number of aromatic hydroxyl groups is 1. The minimum Gasteiger partial charge on any atom is -0.507 e. The van der Waals surface area contributed by atoms with Crippen LogP contribution in [0.2, 0.25) is 0 Å². The smallest absolute Gasteiger partial charge is 0.189 e. The monoisotopic (exact) mass is 314 g/mol. The zero-order valence-electron chi connectivity index (χ0n) is 13.2.